The largest absolute Gasteiger partial charge is 0.436 e. The molecule has 0 aliphatic heterocycles. The second-order valence-electron chi connectivity index (χ2n) is 3.55. The number of aromatic nitrogens is 2. The Bertz CT molecular complexity index is 595. The van der Waals surface area contributed by atoms with Gasteiger partial charge in [-0.2, -0.15) is 0 Å². The smallest absolute Gasteiger partial charge is 0.238 e. The molecule has 1 N–H and O–H groups in total. The van der Waals surface area contributed by atoms with E-state index in [0.29, 0.717) is 32.0 Å². The first-order chi connectivity index (χ1) is 9.11. The van der Waals surface area contributed by atoms with E-state index in [0.717, 1.165) is 6.54 Å². The molecule has 2 aromatic rings. The summed E-state index contributed by atoms with van der Waals surface area (Å²) in [6, 6.07) is 4.99. The monoisotopic (exact) mass is 361 g/mol. The molecule has 19 heavy (non-hydrogen) atoms. The van der Waals surface area contributed by atoms with Crippen LogP contribution in [0.1, 0.15) is 6.92 Å². The van der Waals surface area contributed by atoms with Crippen molar-refractivity contribution in [1.29, 1.82) is 0 Å². The number of hydrogen-bond donors (Lipinski definition) is 1. The van der Waals surface area contributed by atoms with Crippen molar-refractivity contribution in [3.8, 4) is 11.6 Å². The molecule has 0 saturated heterocycles. The van der Waals surface area contributed by atoms with Crippen LogP contribution in [0.3, 0.4) is 0 Å². The van der Waals surface area contributed by atoms with Crippen LogP contribution >= 0.6 is 39.1 Å². The third-order valence-electron chi connectivity index (χ3n) is 2.20. The number of rotatable bonds is 4. The quantitative estimate of drug-likeness (QED) is 0.850. The number of nitrogens with zero attached hydrogens (tertiary/aromatic N) is 2. The van der Waals surface area contributed by atoms with Gasteiger partial charge in [-0.05, 0) is 35.0 Å². The van der Waals surface area contributed by atoms with Gasteiger partial charge in [0.1, 0.15) is 22.4 Å². The highest BCUT2D eigenvalue weighted by Crippen LogP contribution is 2.36. The molecule has 0 atom stereocenters. The topological polar surface area (TPSA) is 47.0 Å². The van der Waals surface area contributed by atoms with E-state index in [4.69, 9.17) is 27.9 Å². The molecule has 0 bridgehead atoms. The Hall–Kier alpha value is -1.04. The molecule has 0 aliphatic carbocycles. The summed E-state index contributed by atoms with van der Waals surface area (Å²) in [4.78, 5) is 8.17. The lowest BCUT2D eigenvalue weighted by molar-refractivity contribution is 0.459. The number of benzene rings is 1. The van der Waals surface area contributed by atoms with Crippen LogP contribution in [0.25, 0.3) is 0 Å². The molecule has 1 heterocycles. The summed E-state index contributed by atoms with van der Waals surface area (Å²) in [6.45, 7) is 2.72. The Morgan fingerprint density at radius 3 is 2.84 bits per heavy atom. The first-order valence-electron chi connectivity index (χ1n) is 5.49. The van der Waals surface area contributed by atoms with Crippen LogP contribution < -0.4 is 10.1 Å². The van der Waals surface area contributed by atoms with Gasteiger partial charge in [0, 0.05) is 17.6 Å². The molecule has 2 rings (SSSR count). The Balaban J connectivity index is 2.33. The zero-order valence-corrected chi connectivity index (χ0v) is 13.1. The molecule has 100 valence electrons. The van der Waals surface area contributed by atoms with Crippen LogP contribution in [0, 0.1) is 0 Å². The highest BCUT2D eigenvalue weighted by Gasteiger charge is 2.12. The van der Waals surface area contributed by atoms with Crippen molar-refractivity contribution in [2.24, 2.45) is 0 Å². The van der Waals surface area contributed by atoms with Crippen molar-refractivity contribution in [3.05, 3.63) is 39.0 Å². The van der Waals surface area contributed by atoms with Gasteiger partial charge in [-0.3, -0.25) is 0 Å². The van der Waals surface area contributed by atoms with E-state index >= 15 is 0 Å². The minimum Gasteiger partial charge on any atom is -0.436 e. The van der Waals surface area contributed by atoms with E-state index in [1.54, 1.807) is 18.2 Å². The normalized spacial score (nSPS) is 10.3. The molecular formula is C12H10BrCl2N3O. The second-order valence-corrected chi connectivity index (χ2v) is 5.19. The van der Waals surface area contributed by atoms with Gasteiger partial charge in [0.15, 0.2) is 0 Å². The average Bonchev–Trinajstić information content (AvgIpc) is 2.39. The lowest BCUT2D eigenvalue weighted by Crippen LogP contribution is -2.02. The molecule has 7 heteroatoms. The third-order valence-corrected chi connectivity index (χ3v) is 3.46. The molecule has 1 aromatic carbocycles. The van der Waals surface area contributed by atoms with Crippen molar-refractivity contribution in [3.63, 3.8) is 0 Å². The van der Waals surface area contributed by atoms with Crippen molar-refractivity contribution in [2.75, 3.05) is 11.9 Å². The summed E-state index contributed by atoms with van der Waals surface area (Å²) in [7, 11) is 0. The Kier molecular flexibility index (Phi) is 4.85. The van der Waals surface area contributed by atoms with E-state index in [1.807, 2.05) is 6.92 Å². The highest BCUT2D eigenvalue weighted by atomic mass is 79.9. The Morgan fingerprint density at radius 2 is 2.11 bits per heavy atom. The van der Waals surface area contributed by atoms with Gasteiger partial charge in [-0.1, -0.05) is 23.2 Å². The van der Waals surface area contributed by atoms with Gasteiger partial charge in [-0.15, -0.1) is 0 Å². The molecule has 0 fully saturated rings. The number of halogens is 3. The summed E-state index contributed by atoms with van der Waals surface area (Å²) < 4.78 is 6.29. The molecule has 0 spiro atoms. The molecule has 0 unspecified atom stereocenters. The lowest BCUT2D eigenvalue weighted by Gasteiger charge is -2.11. The predicted molar refractivity (Wildman–Crippen MR) is 80.4 cm³/mol. The predicted octanol–water partition coefficient (Wildman–Crippen LogP) is 4.77. The van der Waals surface area contributed by atoms with Gasteiger partial charge in [0.2, 0.25) is 5.88 Å². The van der Waals surface area contributed by atoms with Crippen LogP contribution in [0.4, 0.5) is 5.82 Å². The fourth-order valence-corrected chi connectivity index (χ4v) is 2.12. The van der Waals surface area contributed by atoms with E-state index in [9.17, 15) is 0 Å². The maximum absolute atomic E-state index is 6.04. The zero-order chi connectivity index (χ0) is 13.8. The van der Waals surface area contributed by atoms with E-state index in [2.05, 4.69) is 31.2 Å². The standard InChI is InChI=1S/C12H10BrCl2N3O/c1-2-16-11-10(13)12(18-6-17-11)19-9-5-7(14)3-4-8(9)15/h3-6H,2H2,1H3,(H,16,17,18). The summed E-state index contributed by atoms with van der Waals surface area (Å²) in [5.41, 5.74) is 0. The number of nitrogens with one attached hydrogen (secondary N) is 1. The number of ether oxygens (including phenoxy) is 1. The van der Waals surface area contributed by atoms with Gasteiger partial charge >= 0.3 is 0 Å². The first kappa shape index (κ1) is 14.4. The Morgan fingerprint density at radius 1 is 1.32 bits per heavy atom. The Labute approximate surface area is 129 Å². The highest BCUT2D eigenvalue weighted by molar-refractivity contribution is 9.10. The molecule has 0 radical (unpaired) electrons. The van der Waals surface area contributed by atoms with Crippen LogP contribution in [0.5, 0.6) is 11.6 Å². The van der Waals surface area contributed by atoms with Crippen molar-refractivity contribution in [1.82, 2.24) is 9.97 Å². The van der Waals surface area contributed by atoms with E-state index in [-0.39, 0.29) is 0 Å². The maximum atomic E-state index is 6.04. The average molecular weight is 363 g/mol. The first-order valence-corrected chi connectivity index (χ1v) is 7.04. The van der Waals surface area contributed by atoms with Crippen LogP contribution in [-0.2, 0) is 0 Å². The van der Waals surface area contributed by atoms with Gasteiger partial charge in [0.05, 0.1) is 5.02 Å². The summed E-state index contributed by atoms with van der Waals surface area (Å²) in [6.07, 6.45) is 1.41. The molecule has 1 aromatic heterocycles. The zero-order valence-electron chi connectivity index (χ0n) is 9.95. The van der Waals surface area contributed by atoms with E-state index in [1.165, 1.54) is 6.33 Å². The lowest BCUT2D eigenvalue weighted by atomic mass is 10.3. The maximum Gasteiger partial charge on any atom is 0.238 e. The summed E-state index contributed by atoms with van der Waals surface area (Å²) in [5.74, 6) is 1.47. The number of hydrogen-bond acceptors (Lipinski definition) is 4. The van der Waals surface area contributed by atoms with Crippen molar-refractivity contribution in [2.45, 2.75) is 6.92 Å². The molecule has 0 saturated carbocycles. The van der Waals surface area contributed by atoms with Gasteiger partial charge in [-0.25, -0.2) is 9.97 Å². The molecule has 0 aliphatic rings. The van der Waals surface area contributed by atoms with Crippen LogP contribution in [0.2, 0.25) is 10.0 Å². The third kappa shape index (κ3) is 3.49. The van der Waals surface area contributed by atoms with E-state index < -0.39 is 0 Å². The minimum atomic E-state index is 0.370. The molecular weight excluding hydrogens is 353 g/mol. The number of anilines is 1. The van der Waals surface area contributed by atoms with Crippen molar-refractivity contribution >= 4 is 44.9 Å². The molecule has 0 amide bonds. The molecule has 4 nitrogen and oxygen atoms in total. The second kappa shape index (κ2) is 6.41. The SMILES string of the molecule is CCNc1ncnc(Oc2cc(Cl)ccc2Cl)c1Br. The van der Waals surface area contributed by atoms with Crippen LogP contribution in [-0.4, -0.2) is 16.5 Å². The van der Waals surface area contributed by atoms with Crippen molar-refractivity contribution < 1.29 is 4.74 Å². The van der Waals surface area contributed by atoms with Gasteiger partial charge < -0.3 is 10.1 Å². The van der Waals surface area contributed by atoms with Crippen LogP contribution in [0.15, 0.2) is 29.0 Å². The fourth-order valence-electron chi connectivity index (χ4n) is 1.38. The minimum absolute atomic E-state index is 0.370. The summed E-state index contributed by atoms with van der Waals surface area (Å²) >= 11 is 15.3. The summed E-state index contributed by atoms with van der Waals surface area (Å²) in [5, 5.41) is 4.09. The fraction of sp³-hybridized carbons (Fsp3) is 0.167. The van der Waals surface area contributed by atoms with Gasteiger partial charge in [0.25, 0.3) is 0 Å².